The predicted molar refractivity (Wildman–Crippen MR) is 79.1 cm³/mol. The summed E-state index contributed by atoms with van der Waals surface area (Å²) in [6.07, 6.45) is 10.7. The van der Waals surface area contributed by atoms with Crippen molar-refractivity contribution in [1.29, 1.82) is 0 Å². The van der Waals surface area contributed by atoms with Crippen LogP contribution in [0.1, 0.15) is 64.7 Å². The van der Waals surface area contributed by atoms with Gasteiger partial charge in [0.2, 0.25) is 5.91 Å². The lowest BCUT2D eigenvalue weighted by molar-refractivity contribution is -0.133. The maximum atomic E-state index is 12.2. The summed E-state index contributed by atoms with van der Waals surface area (Å²) in [5.41, 5.74) is 0. The number of rotatable bonds is 6. The minimum atomic E-state index is 0.402. The van der Waals surface area contributed by atoms with Crippen molar-refractivity contribution >= 4 is 5.91 Å². The molecule has 0 radical (unpaired) electrons. The van der Waals surface area contributed by atoms with Gasteiger partial charge in [0, 0.05) is 25.6 Å². The molecule has 0 bridgehead atoms. The van der Waals surface area contributed by atoms with E-state index in [0.717, 1.165) is 25.9 Å². The molecule has 0 saturated carbocycles. The Kier molecular flexibility index (Phi) is 6.15. The van der Waals surface area contributed by atoms with Crippen molar-refractivity contribution in [2.24, 2.45) is 5.92 Å². The van der Waals surface area contributed by atoms with Crippen LogP contribution >= 0.6 is 0 Å². The van der Waals surface area contributed by atoms with Crippen molar-refractivity contribution in [2.75, 3.05) is 19.6 Å². The van der Waals surface area contributed by atoms with Crippen LogP contribution in [0.15, 0.2) is 0 Å². The second kappa shape index (κ2) is 7.88. The fraction of sp³-hybridized carbons (Fsp3) is 0.938. The normalized spacial score (nSPS) is 27.7. The lowest BCUT2D eigenvalue weighted by Gasteiger charge is -2.36. The largest absolute Gasteiger partial charge is 0.342 e. The highest BCUT2D eigenvalue weighted by Crippen LogP contribution is 2.25. The van der Waals surface area contributed by atoms with Crippen molar-refractivity contribution in [2.45, 2.75) is 70.8 Å². The summed E-state index contributed by atoms with van der Waals surface area (Å²) in [5.74, 6) is 1.11. The van der Waals surface area contributed by atoms with E-state index in [1.165, 1.54) is 51.5 Å². The number of amides is 1. The first-order chi connectivity index (χ1) is 9.31. The number of unbranched alkanes of at least 4 members (excludes halogenated alkanes) is 3. The van der Waals surface area contributed by atoms with Crippen molar-refractivity contribution in [3.8, 4) is 0 Å². The Labute approximate surface area is 118 Å². The zero-order chi connectivity index (χ0) is 13.5. The molecule has 0 aromatic carbocycles. The molecule has 0 aromatic rings. The number of piperidine rings is 1. The maximum absolute atomic E-state index is 12.2. The van der Waals surface area contributed by atoms with E-state index in [0.29, 0.717) is 17.9 Å². The van der Waals surface area contributed by atoms with Gasteiger partial charge in [0.1, 0.15) is 0 Å². The van der Waals surface area contributed by atoms with Gasteiger partial charge in [-0.3, -0.25) is 4.79 Å². The molecule has 0 aliphatic carbocycles. The minimum Gasteiger partial charge on any atom is -0.342 e. The average Bonchev–Trinajstić information content (AvgIpc) is 2.98. The van der Waals surface area contributed by atoms with Crippen LogP contribution in [0.5, 0.6) is 0 Å². The van der Waals surface area contributed by atoms with Crippen LogP contribution in [-0.4, -0.2) is 36.5 Å². The molecule has 19 heavy (non-hydrogen) atoms. The average molecular weight is 266 g/mol. The molecule has 2 aliphatic rings. The smallest absolute Gasteiger partial charge is 0.222 e. The van der Waals surface area contributed by atoms with E-state index in [-0.39, 0.29) is 0 Å². The summed E-state index contributed by atoms with van der Waals surface area (Å²) in [6.45, 7) is 5.39. The zero-order valence-electron chi connectivity index (χ0n) is 12.5. The summed E-state index contributed by atoms with van der Waals surface area (Å²) < 4.78 is 0. The standard InChI is InChI=1S/C16H30N2O/c1-2-3-4-5-10-16(19)18-12-7-8-14(13-18)15-9-6-11-17-15/h14-15,17H,2-13H2,1H3. The Hall–Kier alpha value is -0.570. The molecule has 2 rings (SSSR count). The van der Waals surface area contributed by atoms with Crippen molar-refractivity contribution in [1.82, 2.24) is 10.2 Å². The third-order valence-electron chi connectivity index (χ3n) is 4.72. The molecule has 2 aliphatic heterocycles. The van der Waals surface area contributed by atoms with Gasteiger partial charge in [-0.15, -0.1) is 0 Å². The Morgan fingerprint density at radius 1 is 1.21 bits per heavy atom. The first-order valence-electron chi connectivity index (χ1n) is 8.32. The van der Waals surface area contributed by atoms with E-state index >= 15 is 0 Å². The van der Waals surface area contributed by atoms with Crippen LogP contribution in [0, 0.1) is 5.92 Å². The van der Waals surface area contributed by atoms with Crippen molar-refractivity contribution in [3.05, 3.63) is 0 Å². The lowest BCUT2D eigenvalue weighted by Crippen LogP contribution is -2.45. The molecule has 0 aromatic heterocycles. The van der Waals surface area contributed by atoms with Gasteiger partial charge in [-0.05, 0) is 44.6 Å². The molecule has 110 valence electrons. The molecule has 2 saturated heterocycles. The van der Waals surface area contributed by atoms with Crippen LogP contribution in [0.2, 0.25) is 0 Å². The van der Waals surface area contributed by atoms with Gasteiger partial charge >= 0.3 is 0 Å². The van der Waals surface area contributed by atoms with Gasteiger partial charge in [-0.25, -0.2) is 0 Å². The highest BCUT2D eigenvalue weighted by atomic mass is 16.2. The van der Waals surface area contributed by atoms with Gasteiger partial charge in [0.05, 0.1) is 0 Å². The second-order valence-electron chi connectivity index (χ2n) is 6.26. The Morgan fingerprint density at radius 3 is 2.84 bits per heavy atom. The van der Waals surface area contributed by atoms with Crippen LogP contribution in [0.25, 0.3) is 0 Å². The molecule has 2 fully saturated rings. The van der Waals surface area contributed by atoms with Gasteiger partial charge in [0.25, 0.3) is 0 Å². The minimum absolute atomic E-state index is 0.402. The SMILES string of the molecule is CCCCCCC(=O)N1CCCC(C2CCCN2)C1. The number of nitrogens with zero attached hydrogens (tertiary/aromatic N) is 1. The van der Waals surface area contributed by atoms with E-state index in [1.807, 2.05) is 0 Å². The highest BCUT2D eigenvalue weighted by Gasteiger charge is 2.30. The van der Waals surface area contributed by atoms with Crippen LogP contribution in [-0.2, 0) is 4.79 Å². The molecule has 3 heteroatoms. The predicted octanol–water partition coefficient (Wildman–Crippen LogP) is 2.95. The first-order valence-corrected chi connectivity index (χ1v) is 8.32. The summed E-state index contributed by atoms with van der Waals surface area (Å²) in [7, 11) is 0. The van der Waals surface area contributed by atoms with Crippen LogP contribution in [0.4, 0.5) is 0 Å². The summed E-state index contributed by atoms with van der Waals surface area (Å²) in [4.78, 5) is 14.4. The number of carbonyl (C=O) groups is 1. The molecule has 1 N–H and O–H groups in total. The van der Waals surface area contributed by atoms with Crippen molar-refractivity contribution in [3.63, 3.8) is 0 Å². The van der Waals surface area contributed by atoms with Gasteiger partial charge < -0.3 is 10.2 Å². The number of hydrogen-bond acceptors (Lipinski definition) is 2. The Morgan fingerprint density at radius 2 is 2.11 bits per heavy atom. The third-order valence-corrected chi connectivity index (χ3v) is 4.72. The highest BCUT2D eigenvalue weighted by molar-refractivity contribution is 5.76. The summed E-state index contributed by atoms with van der Waals surface area (Å²) in [6, 6.07) is 0.677. The van der Waals surface area contributed by atoms with Gasteiger partial charge in [-0.1, -0.05) is 26.2 Å². The Balaban J connectivity index is 1.71. The number of hydrogen-bond donors (Lipinski definition) is 1. The number of carbonyl (C=O) groups excluding carboxylic acids is 1. The summed E-state index contributed by atoms with van der Waals surface area (Å²) in [5, 5.41) is 3.61. The molecule has 2 unspecified atom stereocenters. The monoisotopic (exact) mass is 266 g/mol. The molecule has 3 nitrogen and oxygen atoms in total. The topological polar surface area (TPSA) is 32.3 Å². The second-order valence-corrected chi connectivity index (χ2v) is 6.26. The van der Waals surface area contributed by atoms with E-state index in [1.54, 1.807) is 0 Å². The maximum Gasteiger partial charge on any atom is 0.222 e. The molecule has 2 heterocycles. The third kappa shape index (κ3) is 4.48. The van der Waals surface area contributed by atoms with Gasteiger partial charge in [0.15, 0.2) is 0 Å². The number of likely N-dealkylation sites (tertiary alicyclic amines) is 1. The van der Waals surface area contributed by atoms with Crippen LogP contribution < -0.4 is 5.32 Å². The zero-order valence-corrected chi connectivity index (χ0v) is 12.5. The Bertz CT molecular complexity index is 274. The molecule has 0 spiro atoms. The van der Waals surface area contributed by atoms with Crippen molar-refractivity contribution < 1.29 is 4.79 Å². The van der Waals surface area contributed by atoms with E-state index in [4.69, 9.17) is 0 Å². The van der Waals surface area contributed by atoms with Gasteiger partial charge in [-0.2, -0.15) is 0 Å². The molecular weight excluding hydrogens is 236 g/mol. The fourth-order valence-corrected chi connectivity index (χ4v) is 3.54. The van der Waals surface area contributed by atoms with E-state index < -0.39 is 0 Å². The van der Waals surface area contributed by atoms with E-state index in [2.05, 4.69) is 17.1 Å². The lowest BCUT2D eigenvalue weighted by atomic mass is 9.89. The molecule has 1 amide bonds. The van der Waals surface area contributed by atoms with Crippen LogP contribution in [0.3, 0.4) is 0 Å². The summed E-state index contributed by atoms with van der Waals surface area (Å²) >= 11 is 0. The number of nitrogens with one attached hydrogen (secondary N) is 1. The van der Waals surface area contributed by atoms with E-state index in [9.17, 15) is 4.79 Å². The fourth-order valence-electron chi connectivity index (χ4n) is 3.54. The first kappa shape index (κ1) is 14.8. The molecule has 2 atom stereocenters. The quantitative estimate of drug-likeness (QED) is 0.750. The molecular formula is C16H30N2O.